The van der Waals surface area contributed by atoms with E-state index < -0.39 is 0 Å². The molecule has 4 saturated carbocycles. The molecule has 4 nitrogen and oxygen atoms in total. The lowest BCUT2D eigenvalue weighted by atomic mass is 9.53. The van der Waals surface area contributed by atoms with Crippen LogP contribution in [0.5, 0.6) is 0 Å². The molecule has 0 radical (unpaired) electrons. The van der Waals surface area contributed by atoms with Crippen LogP contribution in [0.15, 0.2) is 0 Å². The molecule has 0 unspecified atom stereocenters. The van der Waals surface area contributed by atoms with Gasteiger partial charge in [0.2, 0.25) is 0 Å². The van der Waals surface area contributed by atoms with Crippen molar-refractivity contribution in [3.8, 4) is 0 Å². The van der Waals surface area contributed by atoms with E-state index in [1.165, 1.54) is 38.5 Å². The van der Waals surface area contributed by atoms with Crippen LogP contribution in [0.3, 0.4) is 0 Å². The van der Waals surface area contributed by atoms with Crippen LogP contribution in [-0.4, -0.2) is 42.6 Å². The number of likely N-dealkylation sites (N-methyl/N-ethyl adjacent to an activating group) is 1. The molecule has 5 fully saturated rings. The summed E-state index contributed by atoms with van der Waals surface area (Å²) >= 11 is 0. The molecule has 2 amide bonds. The summed E-state index contributed by atoms with van der Waals surface area (Å²) in [4.78, 5) is 14.4. The molecule has 19 heavy (non-hydrogen) atoms. The van der Waals surface area contributed by atoms with E-state index in [0.29, 0.717) is 6.04 Å². The Morgan fingerprint density at radius 3 is 2.05 bits per heavy atom. The highest BCUT2D eigenvalue weighted by Gasteiger charge is 2.51. The molecular formula is C15H25N3O. The van der Waals surface area contributed by atoms with Gasteiger partial charge in [0.25, 0.3) is 0 Å². The Hall–Kier alpha value is -0.770. The number of rotatable bonds is 2. The average molecular weight is 263 g/mol. The quantitative estimate of drug-likeness (QED) is 0.794. The van der Waals surface area contributed by atoms with E-state index in [1.807, 2.05) is 0 Å². The Bertz CT molecular complexity index is 354. The minimum atomic E-state index is 0.0834. The number of urea groups is 1. The van der Waals surface area contributed by atoms with Gasteiger partial charge in [-0.3, -0.25) is 0 Å². The number of hydrogen-bond acceptors (Lipinski definition) is 2. The Labute approximate surface area is 115 Å². The van der Waals surface area contributed by atoms with E-state index in [9.17, 15) is 4.79 Å². The zero-order valence-electron chi connectivity index (χ0n) is 11.8. The summed E-state index contributed by atoms with van der Waals surface area (Å²) in [6.45, 7) is 1.99. The van der Waals surface area contributed by atoms with Crippen LogP contribution in [0, 0.1) is 17.8 Å². The summed E-state index contributed by atoms with van der Waals surface area (Å²) in [5, 5.41) is 6.50. The van der Waals surface area contributed by atoms with Crippen molar-refractivity contribution < 1.29 is 4.79 Å². The van der Waals surface area contributed by atoms with E-state index in [0.717, 1.165) is 30.8 Å². The summed E-state index contributed by atoms with van der Waals surface area (Å²) in [5.74, 6) is 2.67. The summed E-state index contributed by atoms with van der Waals surface area (Å²) in [6.07, 6.45) is 7.98. The van der Waals surface area contributed by atoms with Crippen molar-refractivity contribution >= 4 is 6.03 Å². The third-order valence-corrected chi connectivity index (χ3v) is 5.82. The lowest BCUT2D eigenvalue weighted by molar-refractivity contribution is -0.0140. The van der Waals surface area contributed by atoms with E-state index in [-0.39, 0.29) is 11.6 Å². The number of carbonyl (C=O) groups is 1. The van der Waals surface area contributed by atoms with Gasteiger partial charge >= 0.3 is 6.03 Å². The van der Waals surface area contributed by atoms with Gasteiger partial charge in [0.1, 0.15) is 0 Å². The molecule has 1 heterocycles. The third kappa shape index (κ3) is 2.14. The van der Waals surface area contributed by atoms with Crippen molar-refractivity contribution in [2.75, 3.05) is 20.1 Å². The van der Waals surface area contributed by atoms with E-state index in [4.69, 9.17) is 0 Å². The predicted molar refractivity (Wildman–Crippen MR) is 73.9 cm³/mol. The van der Waals surface area contributed by atoms with Crippen molar-refractivity contribution in [2.45, 2.75) is 50.1 Å². The highest BCUT2D eigenvalue weighted by molar-refractivity contribution is 5.75. The first-order valence-electron chi connectivity index (χ1n) is 7.87. The number of nitrogens with zero attached hydrogens (tertiary/aromatic N) is 1. The molecule has 5 aliphatic rings. The summed E-state index contributed by atoms with van der Waals surface area (Å²) in [5.41, 5.74) is 0.147. The Balaban J connectivity index is 1.38. The zero-order chi connectivity index (χ0) is 13.0. The lowest BCUT2D eigenvalue weighted by Gasteiger charge is -2.57. The highest BCUT2D eigenvalue weighted by Crippen LogP contribution is 2.55. The topological polar surface area (TPSA) is 44.4 Å². The van der Waals surface area contributed by atoms with E-state index in [2.05, 4.69) is 22.6 Å². The molecule has 0 aromatic carbocycles. The van der Waals surface area contributed by atoms with Gasteiger partial charge in [-0.15, -0.1) is 0 Å². The van der Waals surface area contributed by atoms with Crippen molar-refractivity contribution in [1.82, 2.24) is 15.5 Å². The predicted octanol–water partition coefficient (Wildman–Crippen LogP) is 1.57. The molecule has 4 bridgehead atoms. The van der Waals surface area contributed by atoms with Gasteiger partial charge in [-0.2, -0.15) is 0 Å². The molecule has 4 heteroatoms. The number of amides is 2. The second kappa shape index (κ2) is 4.11. The van der Waals surface area contributed by atoms with Crippen molar-refractivity contribution in [2.24, 2.45) is 17.8 Å². The van der Waals surface area contributed by atoms with E-state index in [1.54, 1.807) is 0 Å². The lowest BCUT2D eigenvalue weighted by Crippen LogP contribution is -2.65. The molecule has 5 rings (SSSR count). The second-order valence-electron chi connectivity index (χ2n) is 7.71. The standard InChI is InChI=1S/C15H25N3O/c1-18-8-13(9-18)16-14(19)17-15-5-10-2-11(6-15)4-12(3-10)7-15/h10-13H,2-9H2,1H3,(H2,16,17,19). The second-order valence-corrected chi connectivity index (χ2v) is 7.71. The van der Waals surface area contributed by atoms with Crippen LogP contribution in [0.4, 0.5) is 4.79 Å². The van der Waals surface area contributed by atoms with Crippen molar-refractivity contribution in [3.05, 3.63) is 0 Å². The summed E-state index contributed by atoms with van der Waals surface area (Å²) < 4.78 is 0. The maximum atomic E-state index is 12.2. The molecule has 2 N–H and O–H groups in total. The Kier molecular flexibility index (Phi) is 2.60. The Morgan fingerprint density at radius 2 is 1.58 bits per heavy atom. The normalized spacial score (nSPS) is 45.0. The average Bonchev–Trinajstić information content (AvgIpc) is 2.23. The van der Waals surface area contributed by atoms with Crippen LogP contribution >= 0.6 is 0 Å². The monoisotopic (exact) mass is 263 g/mol. The molecule has 0 spiro atoms. The maximum Gasteiger partial charge on any atom is 0.315 e. The fraction of sp³-hybridized carbons (Fsp3) is 0.933. The third-order valence-electron chi connectivity index (χ3n) is 5.82. The molecule has 0 atom stereocenters. The minimum Gasteiger partial charge on any atom is -0.333 e. The number of carbonyl (C=O) groups excluding carboxylic acids is 1. The molecule has 0 aromatic heterocycles. The van der Waals surface area contributed by atoms with Gasteiger partial charge in [-0.1, -0.05) is 0 Å². The van der Waals surface area contributed by atoms with E-state index >= 15 is 0 Å². The maximum absolute atomic E-state index is 12.2. The first-order valence-corrected chi connectivity index (χ1v) is 7.87. The molecular weight excluding hydrogens is 238 g/mol. The SMILES string of the molecule is CN1CC(NC(=O)NC23CC4CC(CC(C4)C2)C3)C1. The molecule has 0 aromatic rings. The van der Waals surface area contributed by atoms with Gasteiger partial charge in [0.15, 0.2) is 0 Å². The molecule has 4 aliphatic carbocycles. The van der Waals surface area contributed by atoms with Crippen LogP contribution < -0.4 is 10.6 Å². The largest absolute Gasteiger partial charge is 0.333 e. The summed E-state index contributed by atoms with van der Waals surface area (Å²) in [7, 11) is 2.09. The van der Waals surface area contributed by atoms with Gasteiger partial charge in [0, 0.05) is 18.6 Å². The number of likely N-dealkylation sites (tertiary alicyclic amines) is 1. The highest BCUT2D eigenvalue weighted by atomic mass is 16.2. The fourth-order valence-corrected chi connectivity index (χ4v) is 5.52. The molecule has 1 saturated heterocycles. The number of nitrogens with one attached hydrogen (secondary N) is 2. The smallest absolute Gasteiger partial charge is 0.315 e. The van der Waals surface area contributed by atoms with Crippen molar-refractivity contribution in [3.63, 3.8) is 0 Å². The summed E-state index contributed by atoms with van der Waals surface area (Å²) in [6, 6.07) is 0.443. The van der Waals surface area contributed by atoms with Gasteiger partial charge in [-0.05, 0) is 63.3 Å². The van der Waals surface area contributed by atoms with Gasteiger partial charge in [-0.25, -0.2) is 4.79 Å². The fourth-order valence-electron chi connectivity index (χ4n) is 5.52. The van der Waals surface area contributed by atoms with Gasteiger partial charge < -0.3 is 15.5 Å². The zero-order valence-corrected chi connectivity index (χ0v) is 11.8. The van der Waals surface area contributed by atoms with Crippen molar-refractivity contribution in [1.29, 1.82) is 0 Å². The number of hydrogen-bond donors (Lipinski definition) is 2. The first kappa shape index (κ1) is 12.0. The molecule has 1 aliphatic heterocycles. The van der Waals surface area contributed by atoms with Crippen LogP contribution in [0.1, 0.15) is 38.5 Å². The minimum absolute atomic E-state index is 0.0834. The van der Waals surface area contributed by atoms with Crippen LogP contribution in [0.2, 0.25) is 0 Å². The van der Waals surface area contributed by atoms with Crippen LogP contribution in [0.25, 0.3) is 0 Å². The first-order chi connectivity index (χ1) is 9.10. The van der Waals surface area contributed by atoms with Crippen LogP contribution in [-0.2, 0) is 0 Å². The Morgan fingerprint density at radius 1 is 1.05 bits per heavy atom. The molecule has 106 valence electrons. The van der Waals surface area contributed by atoms with Gasteiger partial charge in [0.05, 0.1) is 6.04 Å².